The Bertz CT molecular complexity index is 322. The largest absolute Gasteiger partial charge is 0.508 e. The van der Waals surface area contributed by atoms with Gasteiger partial charge in [0, 0.05) is 19.3 Å². The van der Waals surface area contributed by atoms with E-state index in [1.807, 2.05) is 0 Å². The molecule has 1 aromatic carbocycles. The summed E-state index contributed by atoms with van der Waals surface area (Å²) in [6.07, 6.45) is 0.962. The van der Waals surface area contributed by atoms with Crippen LogP contribution in [0.25, 0.3) is 0 Å². The molecule has 3 nitrogen and oxygen atoms in total. The van der Waals surface area contributed by atoms with Crippen LogP contribution >= 0.6 is 11.8 Å². The molecule has 0 saturated heterocycles. The molecule has 0 bridgehead atoms. The second kappa shape index (κ2) is 7.30. The molecule has 88 valence electrons. The van der Waals surface area contributed by atoms with E-state index >= 15 is 0 Å². The molecular formula is C12H16O3S. The first-order valence-electron chi connectivity index (χ1n) is 5.13. The van der Waals surface area contributed by atoms with Crippen molar-refractivity contribution in [3.63, 3.8) is 0 Å². The van der Waals surface area contributed by atoms with Crippen molar-refractivity contribution < 1.29 is 14.6 Å². The van der Waals surface area contributed by atoms with E-state index in [0.717, 1.165) is 18.8 Å². The number of Topliss-reactive ketones (excluding diaryl/α,β-unsaturated/α-hetero) is 1. The van der Waals surface area contributed by atoms with Crippen LogP contribution in [0.15, 0.2) is 24.3 Å². The molecule has 0 aliphatic rings. The lowest BCUT2D eigenvalue weighted by atomic mass is 10.1. The maximum atomic E-state index is 11.7. The number of phenols is 1. The molecular weight excluding hydrogens is 224 g/mol. The van der Waals surface area contributed by atoms with E-state index < -0.39 is 0 Å². The number of carbonyl (C=O) groups is 1. The Morgan fingerprint density at radius 1 is 1.38 bits per heavy atom. The number of phenolic OH excluding ortho intramolecular Hbond substituents is 1. The zero-order chi connectivity index (χ0) is 11.8. The monoisotopic (exact) mass is 240 g/mol. The number of ether oxygens (including phenoxy) is 1. The number of hydrogen-bond acceptors (Lipinski definition) is 4. The quantitative estimate of drug-likeness (QED) is 0.587. The molecule has 1 rings (SSSR count). The van der Waals surface area contributed by atoms with Crippen LogP contribution in [-0.4, -0.2) is 36.1 Å². The molecule has 16 heavy (non-hydrogen) atoms. The average molecular weight is 240 g/mol. The molecule has 0 amide bonds. The number of carbonyl (C=O) groups excluding carboxylic acids is 1. The van der Waals surface area contributed by atoms with E-state index in [-0.39, 0.29) is 11.5 Å². The first-order chi connectivity index (χ1) is 7.74. The van der Waals surface area contributed by atoms with Crippen LogP contribution in [0.2, 0.25) is 0 Å². The second-order valence-electron chi connectivity index (χ2n) is 3.37. The van der Waals surface area contributed by atoms with Crippen LogP contribution in [0.5, 0.6) is 5.75 Å². The molecule has 0 radical (unpaired) electrons. The minimum absolute atomic E-state index is 0.0995. The highest BCUT2D eigenvalue weighted by Gasteiger charge is 2.05. The summed E-state index contributed by atoms with van der Waals surface area (Å²) < 4.78 is 4.92. The fourth-order valence-corrected chi connectivity index (χ4v) is 2.02. The summed E-state index contributed by atoms with van der Waals surface area (Å²) in [7, 11) is 1.67. The Labute approximate surface area is 99.8 Å². The summed E-state index contributed by atoms with van der Waals surface area (Å²) in [5.74, 6) is 1.69. The number of thioether (sulfide) groups is 1. The van der Waals surface area contributed by atoms with Gasteiger partial charge in [0.25, 0.3) is 0 Å². The highest BCUT2D eigenvalue weighted by Crippen LogP contribution is 2.12. The summed E-state index contributed by atoms with van der Waals surface area (Å²) in [5.41, 5.74) is 0.650. The normalized spacial score (nSPS) is 10.3. The van der Waals surface area contributed by atoms with Crippen molar-refractivity contribution in [1.82, 2.24) is 0 Å². The van der Waals surface area contributed by atoms with Crippen LogP contribution in [0.3, 0.4) is 0 Å². The Morgan fingerprint density at radius 2 is 2.06 bits per heavy atom. The number of methoxy groups -OCH3 is 1. The molecule has 0 spiro atoms. The van der Waals surface area contributed by atoms with Crippen molar-refractivity contribution >= 4 is 17.5 Å². The van der Waals surface area contributed by atoms with E-state index in [2.05, 4.69) is 0 Å². The van der Waals surface area contributed by atoms with Crippen LogP contribution in [-0.2, 0) is 4.74 Å². The minimum Gasteiger partial charge on any atom is -0.508 e. The number of ketones is 1. The minimum atomic E-state index is 0.0995. The van der Waals surface area contributed by atoms with Gasteiger partial charge in [0.15, 0.2) is 5.78 Å². The first-order valence-corrected chi connectivity index (χ1v) is 6.28. The summed E-state index contributed by atoms with van der Waals surface area (Å²) in [4.78, 5) is 11.7. The fraction of sp³-hybridized carbons (Fsp3) is 0.417. The smallest absolute Gasteiger partial charge is 0.172 e. The number of hydrogen-bond donors (Lipinski definition) is 1. The van der Waals surface area contributed by atoms with Gasteiger partial charge in [-0.2, -0.15) is 11.8 Å². The van der Waals surface area contributed by atoms with E-state index in [9.17, 15) is 4.79 Å². The topological polar surface area (TPSA) is 46.5 Å². The van der Waals surface area contributed by atoms with Gasteiger partial charge in [-0.1, -0.05) is 0 Å². The first kappa shape index (κ1) is 13.1. The Morgan fingerprint density at radius 3 is 2.69 bits per heavy atom. The highest BCUT2D eigenvalue weighted by molar-refractivity contribution is 7.99. The summed E-state index contributed by atoms with van der Waals surface area (Å²) >= 11 is 1.61. The highest BCUT2D eigenvalue weighted by atomic mass is 32.2. The Hall–Kier alpha value is -1.00. The average Bonchev–Trinajstić information content (AvgIpc) is 2.29. The molecule has 0 aromatic heterocycles. The van der Waals surface area contributed by atoms with E-state index in [0.29, 0.717) is 11.3 Å². The van der Waals surface area contributed by atoms with Crippen LogP contribution in [0, 0.1) is 0 Å². The molecule has 1 aromatic rings. The molecule has 0 aliphatic heterocycles. The van der Waals surface area contributed by atoms with Gasteiger partial charge in [-0.15, -0.1) is 0 Å². The lowest BCUT2D eigenvalue weighted by Gasteiger charge is -2.01. The van der Waals surface area contributed by atoms with Crippen LogP contribution in [0.1, 0.15) is 16.8 Å². The Kier molecular flexibility index (Phi) is 5.96. The van der Waals surface area contributed by atoms with Crippen molar-refractivity contribution in [2.75, 3.05) is 25.2 Å². The summed E-state index contributed by atoms with van der Waals surface area (Å²) in [6, 6.07) is 6.35. The molecule has 0 heterocycles. The maximum Gasteiger partial charge on any atom is 0.172 e. The standard InChI is InChI=1S/C12H16O3S/c1-15-7-2-8-16-9-12(14)10-3-5-11(13)6-4-10/h3-6,13H,2,7-9H2,1H3. The third kappa shape index (κ3) is 4.68. The van der Waals surface area contributed by atoms with Gasteiger partial charge in [0.2, 0.25) is 0 Å². The summed E-state index contributed by atoms with van der Waals surface area (Å²) in [6.45, 7) is 0.737. The number of rotatable bonds is 7. The van der Waals surface area contributed by atoms with Crippen molar-refractivity contribution in [1.29, 1.82) is 0 Å². The van der Waals surface area contributed by atoms with Crippen molar-refractivity contribution in [3.05, 3.63) is 29.8 Å². The molecule has 0 fully saturated rings. The number of benzene rings is 1. The van der Waals surface area contributed by atoms with Gasteiger partial charge in [-0.25, -0.2) is 0 Å². The molecule has 0 aliphatic carbocycles. The van der Waals surface area contributed by atoms with Gasteiger partial charge >= 0.3 is 0 Å². The predicted octanol–water partition coefficient (Wildman–Crippen LogP) is 2.34. The van der Waals surface area contributed by atoms with E-state index in [4.69, 9.17) is 9.84 Å². The van der Waals surface area contributed by atoms with E-state index in [1.165, 1.54) is 12.1 Å². The van der Waals surface area contributed by atoms with Gasteiger partial charge in [-0.3, -0.25) is 4.79 Å². The van der Waals surface area contributed by atoms with Crippen LogP contribution < -0.4 is 0 Å². The van der Waals surface area contributed by atoms with E-state index in [1.54, 1.807) is 31.0 Å². The zero-order valence-electron chi connectivity index (χ0n) is 9.31. The third-order valence-electron chi connectivity index (χ3n) is 2.06. The lowest BCUT2D eigenvalue weighted by molar-refractivity contribution is 0.102. The fourth-order valence-electron chi connectivity index (χ4n) is 1.20. The predicted molar refractivity (Wildman–Crippen MR) is 66.3 cm³/mol. The summed E-state index contributed by atoms with van der Waals surface area (Å²) in [5, 5.41) is 9.08. The van der Waals surface area contributed by atoms with Gasteiger partial charge in [0.05, 0.1) is 5.75 Å². The van der Waals surface area contributed by atoms with Crippen molar-refractivity contribution in [3.8, 4) is 5.75 Å². The molecule has 0 unspecified atom stereocenters. The second-order valence-corrected chi connectivity index (χ2v) is 4.47. The van der Waals surface area contributed by atoms with Gasteiger partial charge in [0.1, 0.15) is 5.75 Å². The number of aromatic hydroxyl groups is 1. The maximum absolute atomic E-state index is 11.7. The molecule has 1 N–H and O–H groups in total. The van der Waals surface area contributed by atoms with Gasteiger partial charge in [-0.05, 0) is 36.4 Å². The van der Waals surface area contributed by atoms with Gasteiger partial charge < -0.3 is 9.84 Å². The third-order valence-corrected chi connectivity index (χ3v) is 3.10. The van der Waals surface area contributed by atoms with Crippen molar-refractivity contribution in [2.24, 2.45) is 0 Å². The van der Waals surface area contributed by atoms with Crippen molar-refractivity contribution in [2.45, 2.75) is 6.42 Å². The SMILES string of the molecule is COCCCSCC(=O)c1ccc(O)cc1. The molecule has 0 saturated carbocycles. The van der Waals surface area contributed by atoms with Crippen LogP contribution in [0.4, 0.5) is 0 Å². The lowest BCUT2D eigenvalue weighted by Crippen LogP contribution is -2.03. The Balaban J connectivity index is 2.27. The molecule has 4 heteroatoms. The zero-order valence-corrected chi connectivity index (χ0v) is 10.1. The molecule has 0 atom stereocenters.